The summed E-state index contributed by atoms with van der Waals surface area (Å²) in [7, 11) is -35.0. The smallest absolute Gasteiger partial charge is 1.00 e. The molecule has 1 N–H and O–H groups in total. The van der Waals surface area contributed by atoms with E-state index in [-0.39, 0.29) is 201 Å². The number of nitrogens with zero attached hydrogens (tertiary/aromatic N) is 7. The maximum atomic E-state index is 9.74. The topological polar surface area (TPSA) is 356 Å². The summed E-state index contributed by atoms with van der Waals surface area (Å²) in [5, 5.41) is 75.9. The van der Waals surface area contributed by atoms with Crippen LogP contribution in [0.2, 0.25) is 48.4 Å². The van der Waals surface area contributed by atoms with Crippen LogP contribution in [0.25, 0.3) is 0 Å². The summed E-state index contributed by atoms with van der Waals surface area (Å²) in [6, 6.07) is 18.0. The van der Waals surface area contributed by atoms with E-state index in [9.17, 15) is 36.8 Å². The minimum Gasteiger partial charge on any atom is -1.00 e. The third-order valence-electron chi connectivity index (χ3n) is 12.1. The Bertz CT molecular complexity index is 1680. The summed E-state index contributed by atoms with van der Waals surface area (Å²) >= 11 is 0. The van der Waals surface area contributed by atoms with Gasteiger partial charge in [0, 0.05) is 93.3 Å². The Hall–Kier alpha value is -1.50. The number of hydrogen-bond donors (Lipinski definition) is 1. The number of hydrogen-bond acceptors (Lipinski definition) is 25. The number of halogens is 1. The van der Waals surface area contributed by atoms with E-state index in [0.717, 1.165) is 0 Å². The van der Waals surface area contributed by atoms with Crippen LogP contribution < -0.4 is 61.4 Å². The summed E-state index contributed by atoms with van der Waals surface area (Å²) in [6.07, 6.45) is 2.82. The zero-order chi connectivity index (χ0) is 55.8. The second kappa shape index (κ2) is 38.5. The second-order valence-corrected chi connectivity index (χ2v) is 43.2. The minimum absolute atomic E-state index is 0. The monoisotopic (exact) mass is 1280 g/mol. The van der Waals surface area contributed by atoms with Gasteiger partial charge < -0.3 is 82.5 Å². The molecule has 7 heterocycles. The standard InChI is InChI=1S/C32H48N8O12Si8.C12H24O6.FH.K/c33-17-1-9-25-53-41-54(26-10-2-18-34)44-57(29-13-5-21-37)46-55(42-53,27-11-3-19-35)48-59(31-15-7-23-39)49-56(43-53,28-12-4-20-36)47-58(45-54,30-14-6-22-38)51-60(50-57,52-59)32-16-8-24-40;1-2-14-5-6-16-9-10-18-12-11-17-8-7-15-4-3-13-1;;/h1-16,25-32H2;1-12H2;1H;/q;;;+1. The number of nitriles is 7. The maximum Gasteiger partial charge on any atom is 1.00 e. The van der Waals surface area contributed by atoms with Crippen molar-refractivity contribution in [3.63, 3.8) is 0 Å². The molecule has 7 fully saturated rings. The number of ether oxygens (including phenoxy) is 6. The van der Waals surface area contributed by atoms with Crippen molar-refractivity contribution in [2.24, 2.45) is 0 Å². The molecule has 0 radical (unpaired) electrons. The van der Waals surface area contributed by atoms with Crippen LogP contribution in [0.15, 0.2) is 0 Å². The molecule has 0 amide bonds. The van der Waals surface area contributed by atoms with Gasteiger partial charge in [-0.25, -0.2) is 0 Å². The van der Waals surface area contributed by atoms with E-state index in [1.54, 1.807) is 0 Å². The largest absolute Gasteiger partial charge is 1.00 e. The van der Waals surface area contributed by atoms with Gasteiger partial charge in [-0.15, -0.1) is 5.26 Å². The molecule has 0 spiro atoms. The predicted molar refractivity (Wildman–Crippen MR) is 280 cm³/mol. The molecule has 7 aliphatic heterocycles. The molecule has 7 rings (SSSR count). The molecule has 0 unspecified atom stereocenters. The molecule has 0 aromatic rings. The fourth-order valence-corrected chi connectivity index (χ4v) is 59.4. The van der Waals surface area contributed by atoms with Crippen molar-refractivity contribution in [2.45, 2.75) is 151 Å². The van der Waals surface area contributed by atoms with Gasteiger partial charge in [-0.3, -0.25) is 0 Å². The molecule has 7 aliphatic rings. The fraction of sp³-hybridized carbons (Fsp3) is 0.818. The fourth-order valence-electron chi connectivity index (χ4n) is 8.97. The van der Waals surface area contributed by atoms with Gasteiger partial charge in [0.2, 0.25) is 0 Å². The first-order chi connectivity index (χ1) is 38.0. The number of unbranched alkanes of at least 4 members (excludes halogenated alkanes) is 8. The zero-order valence-electron chi connectivity index (χ0n) is 45.8. The van der Waals surface area contributed by atoms with E-state index in [2.05, 4.69) is 48.6 Å². The minimum atomic E-state index is -4.39. The van der Waals surface area contributed by atoms with Crippen molar-refractivity contribution in [3.05, 3.63) is 0 Å². The SMILES string of the molecule is C1COCCOCCOCCOCCOCCO1.N#CCCC[Si]12O[Si]3(CCCC#N)O[Si]4(CCCC#N)O[Si](CCCC#N)(O1)O[Si]1(CCCC#N)O[Si](CCCC#N)(O2)O[Si](CCCC#N)(O3)O[Si](CCCC#[NH+])(O4)O1.[F-].[K+]. The Balaban J connectivity index is 0.000000716. The van der Waals surface area contributed by atoms with E-state index < -0.39 is 70.4 Å². The van der Waals surface area contributed by atoms with E-state index in [1.165, 1.54) is 0 Å². The Morgan fingerprint density at radius 3 is 0.487 bits per heavy atom. The van der Waals surface area contributed by atoms with Gasteiger partial charge in [0.1, 0.15) is 0 Å². The molecule has 80 heavy (non-hydrogen) atoms. The molecular weight excluding hydrogens is 1210 g/mol. The normalized spacial score (nSPS) is 32.3. The molecule has 8 bridgehead atoms. The van der Waals surface area contributed by atoms with E-state index >= 15 is 0 Å². The first-order valence-corrected chi connectivity index (χ1v) is 42.3. The molecule has 26 nitrogen and oxygen atoms in total. The maximum absolute atomic E-state index is 9.74. The third-order valence-corrected chi connectivity index (χ3v) is 49.7. The van der Waals surface area contributed by atoms with E-state index in [4.69, 9.17) is 83.1 Å². The van der Waals surface area contributed by atoms with Crippen LogP contribution >= 0.6 is 0 Å². The summed E-state index contributed by atoms with van der Waals surface area (Å²) in [4.78, 5) is 0. The molecule has 0 saturated carbocycles. The first kappa shape index (κ1) is 72.8. The molecule has 0 aromatic heterocycles. The van der Waals surface area contributed by atoms with Gasteiger partial charge in [-0.1, -0.05) is 0 Å². The molecule has 36 heteroatoms. The van der Waals surface area contributed by atoms with Crippen LogP contribution in [0.1, 0.15) is 103 Å². The van der Waals surface area contributed by atoms with Crippen molar-refractivity contribution in [1.82, 2.24) is 0 Å². The van der Waals surface area contributed by atoms with Crippen molar-refractivity contribution < 1.29 is 139 Å². The van der Waals surface area contributed by atoms with Gasteiger partial charge in [-0.2, -0.15) is 36.8 Å². The van der Waals surface area contributed by atoms with Crippen LogP contribution in [0.4, 0.5) is 0 Å². The average Bonchev–Trinajstić information content (AvgIpc) is 3.37. The van der Waals surface area contributed by atoms with Crippen molar-refractivity contribution in [2.75, 3.05) is 79.3 Å². The van der Waals surface area contributed by atoms with E-state index in [1.807, 2.05) is 0 Å². The quantitative estimate of drug-likeness (QED) is 0.0853. The van der Waals surface area contributed by atoms with Crippen molar-refractivity contribution in [3.8, 4) is 48.6 Å². The van der Waals surface area contributed by atoms with Gasteiger partial charge in [0.05, 0.1) is 128 Å². The summed E-state index contributed by atoms with van der Waals surface area (Å²) < 4.78 is 121. The number of rotatable bonds is 24. The van der Waals surface area contributed by atoms with Crippen molar-refractivity contribution >= 4 is 70.4 Å². The Morgan fingerprint density at radius 1 is 0.250 bits per heavy atom. The van der Waals surface area contributed by atoms with Crippen LogP contribution in [-0.4, -0.2) is 150 Å². The van der Waals surface area contributed by atoms with Crippen LogP contribution in [-0.2, 0) is 77.8 Å². The van der Waals surface area contributed by atoms with Gasteiger partial charge in [0.25, 0.3) is 6.07 Å². The Labute approximate surface area is 520 Å². The second-order valence-electron chi connectivity index (χ2n) is 18.5. The predicted octanol–water partition coefficient (Wildman–Crippen LogP) is -1.45. The molecular formula is C44H73FKN8O18Si8+. The van der Waals surface area contributed by atoms with Gasteiger partial charge in [-0.05, 0) is 51.4 Å². The Kier molecular flexibility index (Phi) is 35.0. The van der Waals surface area contributed by atoms with Gasteiger partial charge in [0.15, 0.2) is 0 Å². The summed E-state index contributed by atoms with van der Waals surface area (Å²) in [5.41, 5.74) is 0. The van der Waals surface area contributed by atoms with Crippen LogP contribution in [0, 0.1) is 85.4 Å². The zero-order valence-corrected chi connectivity index (χ0v) is 56.9. The summed E-state index contributed by atoms with van der Waals surface area (Å²) in [6.45, 7) is 7.04. The summed E-state index contributed by atoms with van der Waals surface area (Å²) in [5.74, 6) is 0. The Morgan fingerprint density at radius 2 is 0.375 bits per heavy atom. The number of nitrogens with one attached hydrogen (secondary N) is 1. The van der Waals surface area contributed by atoms with Crippen molar-refractivity contribution in [1.29, 1.82) is 36.8 Å². The molecule has 7 saturated heterocycles. The van der Waals surface area contributed by atoms with Gasteiger partial charge >= 0.3 is 122 Å². The molecule has 0 atom stereocenters. The molecule has 436 valence electrons. The molecule has 0 aromatic carbocycles. The van der Waals surface area contributed by atoms with Crippen LogP contribution in [0.3, 0.4) is 0 Å². The first-order valence-electron chi connectivity index (χ1n) is 26.8. The average molecular weight is 1280 g/mol. The molecule has 0 aliphatic carbocycles. The van der Waals surface area contributed by atoms with Crippen LogP contribution in [0.5, 0.6) is 0 Å². The third kappa shape index (κ3) is 23.4. The van der Waals surface area contributed by atoms with E-state index in [0.29, 0.717) is 85.7 Å².